The normalized spacial score (nSPS) is 10.2. The van der Waals surface area contributed by atoms with Gasteiger partial charge in [-0.15, -0.1) is 5.11 Å². The number of nitro benzene ring substituents is 1. The van der Waals surface area contributed by atoms with Gasteiger partial charge in [-0.3, -0.25) is 10.1 Å². The van der Waals surface area contributed by atoms with E-state index in [-0.39, 0.29) is 29.1 Å². The topological polar surface area (TPSA) is 148 Å². The predicted molar refractivity (Wildman–Crippen MR) is 88.7 cm³/mol. The van der Waals surface area contributed by atoms with Gasteiger partial charge in [-0.1, -0.05) is 0 Å². The van der Waals surface area contributed by atoms with E-state index in [1.165, 1.54) is 0 Å². The van der Waals surface area contributed by atoms with Crippen LogP contribution in [0, 0.1) is 32.8 Å². The average molecular weight is 336 g/mol. The average Bonchev–Trinajstić information content (AvgIpc) is 2.64. The first-order valence-corrected chi connectivity index (χ1v) is 7.08. The Morgan fingerprint density at radius 1 is 1.12 bits per heavy atom. The summed E-state index contributed by atoms with van der Waals surface area (Å²) in [5, 5.41) is 48.7. The van der Waals surface area contributed by atoms with Crippen molar-refractivity contribution in [1.82, 2.24) is 0 Å². The van der Waals surface area contributed by atoms with Crippen molar-refractivity contribution in [1.29, 1.82) is 10.5 Å². The second-order valence-electron chi connectivity index (χ2n) is 4.77. The molecule has 0 amide bonds. The molecule has 0 aliphatic carbocycles. The van der Waals surface area contributed by atoms with E-state index in [0.29, 0.717) is 12.2 Å². The Bertz CT molecular complexity index is 859. The number of azo groups is 1. The number of nitriles is 2. The molecular weight excluding hydrogens is 324 g/mol. The first kappa shape index (κ1) is 17.5. The smallest absolute Gasteiger partial charge is 0.272 e. The highest BCUT2D eigenvalue weighted by Gasteiger charge is 2.16. The van der Waals surface area contributed by atoms with Gasteiger partial charge in [0.1, 0.15) is 17.8 Å². The summed E-state index contributed by atoms with van der Waals surface area (Å²) in [6.07, 6.45) is 0. The molecule has 0 atom stereocenters. The Kier molecular flexibility index (Phi) is 5.72. The molecule has 0 saturated carbocycles. The Morgan fingerprint density at radius 2 is 1.72 bits per heavy atom. The molecule has 0 radical (unpaired) electrons. The maximum atomic E-state index is 10.8. The van der Waals surface area contributed by atoms with Gasteiger partial charge in [0.2, 0.25) is 0 Å². The van der Waals surface area contributed by atoms with Crippen LogP contribution in [0.2, 0.25) is 0 Å². The number of hydrogen-bond acceptors (Lipinski definition) is 8. The number of nitrogens with zero attached hydrogens (tertiary/aromatic N) is 5. The summed E-state index contributed by atoms with van der Waals surface area (Å²) in [4.78, 5) is 10.2. The van der Waals surface area contributed by atoms with Crippen LogP contribution in [0.15, 0.2) is 46.6 Å². The summed E-state index contributed by atoms with van der Waals surface area (Å²) in [6, 6.07) is 12.5. The van der Waals surface area contributed by atoms with Crippen molar-refractivity contribution in [3.05, 3.63) is 57.6 Å². The summed E-state index contributed by atoms with van der Waals surface area (Å²) >= 11 is 0. The molecule has 9 heteroatoms. The minimum absolute atomic E-state index is 0.00940. The highest BCUT2D eigenvalue weighted by Crippen LogP contribution is 2.30. The van der Waals surface area contributed by atoms with Gasteiger partial charge >= 0.3 is 0 Å². The number of non-ortho nitro benzene ring substituents is 1. The minimum Gasteiger partial charge on any atom is -0.395 e. The molecule has 0 aliphatic rings. The highest BCUT2D eigenvalue weighted by molar-refractivity contribution is 5.67. The molecule has 0 saturated heterocycles. The summed E-state index contributed by atoms with van der Waals surface area (Å²) in [5.41, 5.74) is 0.690. The fourth-order valence-corrected chi connectivity index (χ4v) is 1.96. The molecule has 2 rings (SSSR count). The lowest BCUT2D eigenvalue weighted by Crippen LogP contribution is -2.04. The zero-order valence-electron chi connectivity index (χ0n) is 12.9. The molecule has 124 valence electrons. The molecule has 25 heavy (non-hydrogen) atoms. The van der Waals surface area contributed by atoms with Gasteiger partial charge in [-0.05, 0) is 24.3 Å². The largest absolute Gasteiger partial charge is 0.395 e. The van der Waals surface area contributed by atoms with Crippen LogP contribution < -0.4 is 5.32 Å². The lowest BCUT2D eigenvalue weighted by atomic mass is 10.1. The first-order valence-electron chi connectivity index (χ1n) is 7.08. The first-order chi connectivity index (χ1) is 12.1. The second kappa shape index (κ2) is 8.15. The van der Waals surface area contributed by atoms with Crippen LogP contribution in [0.5, 0.6) is 0 Å². The molecule has 9 nitrogen and oxygen atoms in total. The Hall–Kier alpha value is -3.82. The minimum atomic E-state index is -0.680. The molecule has 0 aliphatic heterocycles. The van der Waals surface area contributed by atoms with Crippen molar-refractivity contribution in [2.45, 2.75) is 0 Å². The Morgan fingerprint density at radius 3 is 2.20 bits per heavy atom. The number of aliphatic hydroxyl groups excluding tert-OH is 1. The standard InChI is InChI=1S/C16H12N6O3/c17-9-11-7-15(22(24)25)8-12(10-18)16(11)21-20-14-3-1-13(2-4-14)19-5-6-23/h1-4,7-8,19,23H,5-6H2. The fourth-order valence-electron chi connectivity index (χ4n) is 1.96. The molecule has 2 N–H and O–H groups in total. The third-order valence-corrected chi connectivity index (χ3v) is 3.12. The SMILES string of the molecule is N#Cc1cc([N+](=O)[O-])cc(C#N)c1N=Nc1ccc(NCCO)cc1. The summed E-state index contributed by atoms with van der Waals surface area (Å²) in [7, 11) is 0. The number of anilines is 1. The maximum Gasteiger partial charge on any atom is 0.272 e. The lowest BCUT2D eigenvalue weighted by molar-refractivity contribution is -0.384. The zero-order valence-corrected chi connectivity index (χ0v) is 12.9. The molecule has 0 bridgehead atoms. The predicted octanol–water partition coefficient (Wildman–Crippen LogP) is 3.16. The van der Waals surface area contributed by atoms with E-state index in [2.05, 4.69) is 15.5 Å². The second-order valence-corrected chi connectivity index (χ2v) is 4.77. The highest BCUT2D eigenvalue weighted by atomic mass is 16.6. The van der Waals surface area contributed by atoms with Gasteiger partial charge in [-0.2, -0.15) is 15.6 Å². The number of aliphatic hydroxyl groups is 1. The van der Waals surface area contributed by atoms with Crippen molar-refractivity contribution in [3.63, 3.8) is 0 Å². The summed E-state index contributed by atoms with van der Waals surface area (Å²) < 4.78 is 0. The molecule has 0 fully saturated rings. The van der Waals surface area contributed by atoms with Gasteiger partial charge < -0.3 is 10.4 Å². The van der Waals surface area contributed by atoms with Crippen LogP contribution in [0.3, 0.4) is 0 Å². The van der Waals surface area contributed by atoms with Crippen LogP contribution in [-0.2, 0) is 0 Å². The van der Waals surface area contributed by atoms with E-state index in [4.69, 9.17) is 15.6 Å². The van der Waals surface area contributed by atoms with E-state index in [1.807, 2.05) is 0 Å². The van der Waals surface area contributed by atoms with Crippen molar-refractivity contribution in [2.75, 3.05) is 18.5 Å². The molecule has 0 aromatic heterocycles. The number of rotatable bonds is 6. The van der Waals surface area contributed by atoms with Crippen molar-refractivity contribution in [2.24, 2.45) is 10.2 Å². The summed E-state index contributed by atoms with van der Waals surface area (Å²) in [6.45, 7) is 0.427. The van der Waals surface area contributed by atoms with Crippen LogP contribution in [0.25, 0.3) is 0 Å². The molecule has 0 heterocycles. The van der Waals surface area contributed by atoms with Crippen LogP contribution in [0.1, 0.15) is 11.1 Å². The van der Waals surface area contributed by atoms with Gasteiger partial charge in [-0.25, -0.2) is 0 Å². The summed E-state index contributed by atoms with van der Waals surface area (Å²) in [5.74, 6) is 0. The van der Waals surface area contributed by atoms with Crippen molar-refractivity contribution >= 4 is 22.7 Å². The number of nitro groups is 1. The number of hydrogen-bond donors (Lipinski definition) is 2. The van der Waals surface area contributed by atoms with Crippen molar-refractivity contribution in [3.8, 4) is 12.1 Å². The fraction of sp³-hybridized carbons (Fsp3) is 0.125. The van der Waals surface area contributed by atoms with E-state index < -0.39 is 4.92 Å². The molecule has 0 unspecified atom stereocenters. The number of nitrogens with one attached hydrogen (secondary N) is 1. The molecule has 0 spiro atoms. The molecule has 2 aromatic rings. The van der Waals surface area contributed by atoms with Crippen molar-refractivity contribution < 1.29 is 10.0 Å². The van der Waals surface area contributed by atoms with E-state index in [0.717, 1.165) is 17.8 Å². The Balaban J connectivity index is 2.33. The van der Waals surface area contributed by atoms with Gasteiger partial charge in [0.15, 0.2) is 0 Å². The van der Waals surface area contributed by atoms with E-state index >= 15 is 0 Å². The van der Waals surface area contributed by atoms with Gasteiger partial charge in [0.05, 0.1) is 28.3 Å². The quantitative estimate of drug-likeness (QED) is 0.470. The third kappa shape index (κ3) is 4.34. The lowest BCUT2D eigenvalue weighted by Gasteiger charge is -2.04. The third-order valence-electron chi connectivity index (χ3n) is 3.12. The van der Waals surface area contributed by atoms with Crippen LogP contribution in [-0.4, -0.2) is 23.2 Å². The van der Waals surface area contributed by atoms with E-state index in [9.17, 15) is 10.1 Å². The van der Waals surface area contributed by atoms with E-state index in [1.54, 1.807) is 36.4 Å². The van der Waals surface area contributed by atoms with Gasteiger partial charge in [0, 0.05) is 24.4 Å². The Labute approximate surface area is 142 Å². The van der Waals surface area contributed by atoms with Crippen LogP contribution in [0.4, 0.5) is 22.7 Å². The van der Waals surface area contributed by atoms with Crippen LogP contribution >= 0.6 is 0 Å². The monoisotopic (exact) mass is 336 g/mol. The zero-order chi connectivity index (χ0) is 18.2. The molecule has 2 aromatic carbocycles. The maximum absolute atomic E-state index is 10.8. The van der Waals surface area contributed by atoms with Gasteiger partial charge in [0.25, 0.3) is 5.69 Å². The molecular formula is C16H12N6O3. The number of benzene rings is 2.